The van der Waals surface area contributed by atoms with Gasteiger partial charge in [0.25, 0.3) is 0 Å². The van der Waals surface area contributed by atoms with Gasteiger partial charge in [-0.3, -0.25) is 0 Å². The van der Waals surface area contributed by atoms with E-state index in [4.69, 9.17) is 0 Å². The summed E-state index contributed by atoms with van der Waals surface area (Å²) in [5.74, 6) is -10.2. The normalized spacial score (nSPS) is 9.62. The van der Waals surface area contributed by atoms with Crippen LogP contribution in [-0.2, 0) is 12.6 Å². The molecule has 0 atom stereocenters. The number of halogens is 5. The van der Waals surface area contributed by atoms with Crippen LogP contribution in [0.25, 0.3) is 0 Å². The second kappa shape index (κ2) is 4.99. The molecule has 0 aliphatic carbocycles. The third kappa shape index (κ3) is 2.39. The van der Waals surface area contributed by atoms with Crippen LogP contribution in [0, 0.1) is 29.1 Å². The Balaban J connectivity index is 0.00000144. The van der Waals surface area contributed by atoms with Crippen molar-refractivity contribution in [3.63, 3.8) is 0 Å². The summed E-state index contributed by atoms with van der Waals surface area (Å²) in [6, 6.07) is 0. The fraction of sp³-hybridized carbons (Fsp3) is 0. The SMILES string of the molecule is Fc1c(F)c(F)c([S-])c(F)c1F.[K+]. The van der Waals surface area contributed by atoms with E-state index in [1.165, 1.54) is 0 Å². The molecule has 1 rings (SSSR count). The maximum absolute atomic E-state index is 12.3. The Labute approximate surface area is 118 Å². The van der Waals surface area contributed by atoms with Gasteiger partial charge in [-0.15, -0.1) is 0 Å². The van der Waals surface area contributed by atoms with E-state index in [1.54, 1.807) is 0 Å². The van der Waals surface area contributed by atoms with Crippen molar-refractivity contribution in [1.29, 1.82) is 0 Å². The molecular formula is C6F5KS. The van der Waals surface area contributed by atoms with E-state index < -0.39 is 34.0 Å². The monoisotopic (exact) mass is 238 g/mol. The van der Waals surface area contributed by atoms with Gasteiger partial charge in [0.1, 0.15) is 11.6 Å². The van der Waals surface area contributed by atoms with Crippen LogP contribution in [0.1, 0.15) is 0 Å². The zero-order valence-corrected chi connectivity index (χ0v) is 10.2. The average Bonchev–Trinajstić information content (AvgIpc) is 2.08. The van der Waals surface area contributed by atoms with Crippen LogP contribution >= 0.6 is 0 Å². The van der Waals surface area contributed by atoms with Gasteiger partial charge < -0.3 is 12.6 Å². The molecule has 0 heterocycles. The maximum atomic E-state index is 12.3. The molecule has 1 aromatic carbocycles. The van der Waals surface area contributed by atoms with E-state index in [1.807, 2.05) is 0 Å². The zero-order chi connectivity index (χ0) is 9.46. The summed E-state index contributed by atoms with van der Waals surface area (Å²) < 4.78 is 61.2. The fourth-order valence-electron chi connectivity index (χ4n) is 0.585. The molecule has 0 bridgehead atoms. The maximum Gasteiger partial charge on any atom is 1.00 e. The van der Waals surface area contributed by atoms with E-state index >= 15 is 0 Å². The number of benzene rings is 1. The van der Waals surface area contributed by atoms with Crippen LogP contribution in [0.5, 0.6) is 0 Å². The molecule has 0 aliphatic rings. The molecule has 0 unspecified atom stereocenters. The smallest absolute Gasteiger partial charge is 0.774 e. The summed E-state index contributed by atoms with van der Waals surface area (Å²) in [6.07, 6.45) is 0. The van der Waals surface area contributed by atoms with Crippen LogP contribution in [0.15, 0.2) is 4.90 Å². The third-order valence-corrected chi connectivity index (χ3v) is 1.53. The summed E-state index contributed by atoms with van der Waals surface area (Å²) in [7, 11) is 0. The third-order valence-electron chi connectivity index (χ3n) is 1.17. The fourth-order valence-corrected chi connectivity index (χ4v) is 0.764. The van der Waals surface area contributed by atoms with Gasteiger partial charge in [0.2, 0.25) is 0 Å². The van der Waals surface area contributed by atoms with Gasteiger partial charge in [0, 0.05) is 0 Å². The Bertz CT molecular complexity index is 235. The van der Waals surface area contributed by atoms with Gasteiger partial charge in [0.15, 0.2) is 17.5 Å². The van der Waals surface area contributed by atoms with E-state index in [-0.39, 0.29) is 51.4 Å². The summed E-state index contributed by atoms with van der Waals surface area (Å²) in [5.41, 5.74) is 0. The Morgan fingerprint density at radius 3 is 1.15 bits per heavy atom. The average molecular weight is 238 g/mol. The first-order valence-electron chi connectivity index (χ1n) is 2.65. The van der Waals surface area contributed by atoms with Crippen LogP contribution < -0.4 is 51.4 Å². The molecule has 0 nitrogen and oxygen atoms in total. The largest absolute Gasteiger partial charge is 1.00 e. The molecule has 7 heteroatoms. The predicted octanol–water partition coefficient (Wildman–Crippen LogP) is -0.708. The molecular weight excluding hydrogens is 238 g/mol. The van der Waals surface area contributed by atoms with Crippen LogP contribution in [0.2, 0.25) is 0 Å². The number of hydrogen-bond acceptors (Lipinski definition) is 1. The van der Waals surface area contributed by atoms with E-state index in [9.17, 15) is 22.0 Å². The molecule has 66 valence electrons. The molecule has 0 fully saturated rings. The molecule has 0 spiro atoms. The van der Waals surface area contributed by atoms with E-state index in [0.717, 1.165) is 0 Å². The van der Waals surface area contributed by atoms with Gasteiger partial charge in [-0.2, -0.15) is 0 Å². The Hall–Kier alpha value is 0.726. The van der Waals surface area contributed by atoms with Crippen molar-refractivity contribution in [3.05, 3.63) is 29.1 Å². The van der Waals surface area contributed by atoms with Crippen LogP contribution in [0.3, 0.4) is 0 Å². The molecule has 0 N–H and O–H groups in total. The molecule has 13 heavy (non-hydrogen) atoms. The van der Waals surface area contributed by atoms with Gasteiger partial charge in [-0.05, 0) is 0 Å². The second-order valence-electron chi connectivity index (χ2n) is 1.90. The van der Waals surface area contributed by atoms with Gasteiger partial charge in [-0.25, -0.2) is 22.0 Å². The Morgan fingerprint density at radius 2 is 0.846 bits per heavy atom. The Kier molecular flexibility index (Phi) is 5.27. The molecule has 1 aromatic rings. The standard InChI is InChI=1S/C6HF5S.K/c7-1-2(8)4(10)6(12)5(11)3(1)9;/h12H;/q;+1/p-1. The van der Waals surface area contributed by atoms with Gasteiger partial charge in [0.05, 0.1) is 0 Å². The van der Waals surface area contributed by atoms with Gasteiger partial charge >= 0.3 is 51.4 Å². The van der Waals surface area contributed by atoms with E-state index in [0.29, 0.717) is 0 Å². The molecule has 0 saturated carbocycles. The molecule has 0 radical (unpaired) electrons. The van der Waals surface area contributed by atoms with Crippen molar-refractivity contribution in [2.75, 3.05) is 0 Å². The van der Waals surface area contributed by atoms with Crippen LogP contribution in [0.4, 0.5) is 22.0 Å². The Morgan fingerprint density at radius 1 is 0.615 bits per heavy atom. The van der Waals surface area contributed by atoms with Crippen molar-refractivity contribution in [3.8, 4) is 0 Å². The topological polar surface area (TPSA) is 0 Å². The minimum absolute atomic E-state index is 0. The molecule has 0 saturated heterocycles. The molecule has 0 aliphatic heterocycles. The minimum atomic E-state index is -2.20. The predicted molar refractivity (Wildman–Crippen MR) is 31.9 cm³/mol. The summed E-state index contributed by atoms with van der Waals surface area (Å²) in [5, 5.41) is 0. The van der Waals surface area contributed by atoms with Crippen molar-refractivity contribution >= 4 is 12.6 Å². The second-order valence-corrected chi connectivity index (χ2v) is 2.31. The summed E-state index contributed by atoms with van der Waals surface area (Å²) in [6.45, 7) is 0. The molecule has 0 amide bonds. The zero-order valence-electron chi connectivity index (χ0n) is 6.30. The van der Waals surface area contributed by atoms with Crippen LogP contribution in [-0.4, -0.2) is 0 Å². The number of hydrogen-bond donors (Lipinski definition) is 0. The van der Waals surface area contributed by atoms with Crippen molar-refractivity contribution in [2.24, 2.45) is 0 Å². The van der Waals surface area contributed by atoms with Crippen molar-refractivity contribution in [1.82, 2.24) is 0 Å². The summed E-state index contributed by atoms with van der Waals surface area (Å²) in [4.78, 5) is -1.29. The minimum Gasteiger partial charge on any atom is -0.774 e. The number of rotatable bonds is 0. The first-order chi connectivity index (χ1) is 5.46. The first kappa shape index (κ1) is 13.7. The first-order valence-corrected chi connectivity index (χ1v) is 3.06. The van der Waals surface area contributed by atoms with Crippen molar-refractivity contribution in [2.45, 2.75) is 4.90 Å². The van der Waals surface area contributed by atoms with Gasteiger partial charge in [-0.1, -0.05) is 4.90 Å². The van der Waals surface area contributed by atoms with E-state index in [2.05, 4.69) is 12.6 Å². The molecule has 0 aromatic heterocycles. The summed E-state index contributed by atoms with van der Waals surface area (Å²) >= 11 is 3.93. The van der Waals surface area contributed by atoms with Crippen molar-refractivity contribution < 1.29 is 73.3 Å². The quantitative estimate of drug-likeness (QED) is 0.189.